The van der Waals surface area contributed by atoms with Crippen LogP contribution < -0.4 is 49.7 Å². The molecule has 8 heteroatoms. The topological polar surface area (TPSA) is 128 Å². The first kappa shape index (κ1) is 22.5. The van der Waals surface area contributed by atoms with Gasteiger partial charge >= 0.3 is 29.6 Å². The van der Waals surface area contributed by atoms with Crippen molar-refractivity contribution >= 4 is 17.4 Å². The van der Waals surface area contributed by atoms with E-state index >= 15 is 0 Å². The first-order valence-electron chi connectivity index (χ1n) is 0.891. The molecule has 0 heterocycles. The van der Waals surface area contributed by atoms with Gasteiger partial charge in [0.15, 0.2) is 0 Å². The van der Waals surface area contributed by atoms with Crippen LogP contribution in [0.5, 0.6) is 0 Å². The van der Waals surface area contributed by atoms with Crippen molar-refractivity contribution in [2.45, 2.75) is 0 Å². The van der Waals surface area contributed by atoms with Gasteiger partial charge in [0, 0.05) is 0 Å². The van der Waals surface area contributed by atoms with E-state index in [2.05, 4.69) is 12.2 Å². The molecule has 0 aliphatic rings. The molecule has 0 spiro atoms. The molecule has 0 aliphatic heterocycles. The minimum absolute atomic E-state index is 0. The Hall–Kier alpha value is 0.930. The smallest absolute Gasteiger partial charge is 0.753 e. The Kier molecular flexibility index (Phi) is 57.8. The average Bonchev–Trinajstić information content (AvgIpc) is 1.33. The first-order chi connectivity index (χ1) is 3.15. The summed E-state index contributed by atoms with van der Waals surface area (Å²) >= 11 is 3.70. The van der Waals surface area contributed by atoms with E-state index in [1.54, 1.807) is 0 Å². The monoisotopic (exact) mass is 182 g/mol. The maximum Gasteiger partial charge on any atom is 1.00 e. The normalized spacial score (nSPS) is 4.89. The zero-order valence-electron chi connectivity index (χ0n) is 4.96. The van der Waals surface area contributed by atoms with Crippen LogP contribution in [0.15, 0.2) is 0 Å². The number of isothiocyanates is 1. The summed E-state index contributed by atoms with van der Waals surface area (Å²) in [6.45, 7) is 0. The van der Waals surface area contributed by atoms with E-state index in [4.69, 9.17) is 19.4 Å². The van der Waals surface area contributed by atoms with Crippen molar-refractivity contribution in [1.82, 2.24) is 6.15 Å². The molecule has 0 aromatic rings. The van der Waals surface area contributed by atoms with Crippen molar-refractivity contribution in [3.05, 3.63) is 5.41 Å². The molecule has 0 aromatic carbocycles. The number of thiocarbonyl (C=S) groups is 1. The number of nitrogens with zero attached hydrogens (tertiary/aromatic N) is 1. The third kappa shape index (κ3) is 496. The van der Waals surface area contributed by atoms with Gasteiger partial charge < -0.3 is 25.5 Å². The Balaban J connectivity index is -0.0000000233. The molecular weight excluding hydrogens is 179 g/mol. The Morgan fingerprint density at radius 3 is 1.33 bits per heavy atom. The maximum absolute atomic E-state index is 8.41. The summed E-state index contributed by atoms with van der Waals surface area (Å²) in [6, 6.07) is 0. The van der Waals surface area contributed by atoms with E-state index in [1.165, 1.54) is 5.16 Å². The molecule has 0 amide bonds. The van der Waals surface area contributed by atoms with Crippen LogP contribution in [-0.2, 0) is 0 Å². The Morgan fingerprint density at radius 1 is 1.33 bits per heavy atom. The fraction of sp³-hybridized carbons (Fsp3) is 0. The predicted octanol–water partition coefficient (Wildman–Crippen LogP) is -5.53. The third-order valence-corrected chi connectivity index (χ3v) is 0. The van der Waals surface area contributed by atoms with Crippen LogP contribution in [0.4, 0.5) is 0 Å². The van der Waals surface area contributed by atoms with Gasteiger partial charge in [-0.15, -0.1) is 0 Å². The van der Waals surface area contributed by atoms with Crippen LogP contribution in [0.2, 0.25) is 0 Å². The molecule has 0 saturated carbocycles. The van der Waals surface area contributed by atoms with Gasteiger partial charge in [-0.25, -0.2) is 0 Å². The molecule has 4 N–H and O–H groups in total. The summed E-state index contributed by atoms with van der Waals surface area (Å²) in [6.07, 6.45) is 0. The Labute approximate surface area is 82.9 Å². The van der Waals surface area contributed by atoms with E-state index in [0.29, 0.717) is 0 Å². The van der Waals surface area contributed by atoms with E-state index in [0.717, 1.165) is 0 Å². The van der Waals surface area contributed by atoms with E-state index in [1.807, 2.05) is 0 Å². The molecule has 0 aromatic heterocycles. The quantitative estimate of drug-likeness (QED) is 0.228. The van der Waals surface area contributed by atoms with E-state index in [-0.39, 0.29) is 35.7 Å². The van der Waals surface area contributed by atoms with Crippen molar-refractivity contribution < 1.29 is 54.3 Å². The second kappa shape index (κ2) is 23.1. The molecular formula is CH4ClN2NaO3S. The largest absolute Gasteiger partial charge is 1.00 e. The van der Waals surface area contributed by atoms with Gasteiger partial charge in [-0.1, -0.05) is 12.2 Å². The van der Waals surface area contributed by atoms with Gasteiger partial charge in [0.25, 0.3) is 0 Å². The summed E-state index contributed by atoms with van der Waals surface area (Å²) in [5.74, 6) is 0. The number of halogens is 1. The molecule has 0 unspecified atom stereocenters. The van der Waals surface area contributed by atoms with Crippen LogP contribution in [0.1, 0.15) is 0 Å². The Bertz CT molecular complexity index is 64.1. The van der Waals surface area contributed by atoms with Crippen LogP contribution in [-0.4, -0.2) is 5.16 Å². The van der Waals surface area contributed by atoms with Gasteiger partial charge in [0.05, 0.1) is 10.8 Å². The van der Waals surface area contributed by atoms with Gasteiger partial charge in [-0.05, 0) is 0 Å². The number of rotatable bonds is 0. The first-order valence-corrected chi connectivity index (χ1v) is 2.22. The zero-order valence-corrected chi connectivity index (χ0v) is 8.53. The fourth-order valence-electron chi connectivity index (χ4n) is 0. The summed E-state index contributed by atoms with van der Waals surface area (Å²) in [5.41, 5.74) is 0. The Morgan fingerprint density at radius 2 is 1.33 bits per heavy atom. The average molecular weight is 183 g/mol. The van der Waals surface area contributed by atoms with Crippen molar-refractivity contribution in [2.24, 2.45) is 0 Å². The number of hydrogen-bond donors (Lipinski definition) is 1. The second-order valence-electron chi connectivity index (χ2n) is 0.280. The SMILES string of the molecule is [N-]=C=S.[NH4+].[Na+].[O-][Cl+2]([O-])[O-]. The molecule has 0 saturated heterocycles. The van der Waals surface area contributed by atoms with Crippen molar-refractivity contribution in [2.75, 3.05) is 0 Å². The molecule has 9 heavy (non-hydrogen) atoms. The molecule has 50 valence electrons. The molecule has 0 bridgehead atoms. The minimum atomic E-state index is -2.85. The number of hydrogen-bond acceptors (Lipinski definition) is 4. The van der Waals surface area contributed by atoms with Gasteiger partial charge in [-0.2, -0.15) is 5.16 Å². The minimum Gasteiger partial charge on any atom is -0.753 e. The fourth-order valence-corrected chi connectivity index (χ4v) is 0. The van der Waals surface area contributed by atoms with Crippen molar-refractivity contribution in [3.8, 4) is 0 Å². The zero-order chi connectivity index (χ0) is 6.28. The summed E-state index contributed by atoms with van der Waals surface area (Å²) in [5, 5.41) is 8.47. The molecule has 0 aliphatic carbocycles. The van der Waals surface area contributed by atoms with E-state index in [9.17, 15) is 0 Å². The third-order valence-electron chi connectivity index (χ3n) is 0. The molecule has 0 atom stereocenters. The van der Waals surface area contributed by atoms with Gasteiger partial charge in [-0.3, -0.25) is 0 Å². The van der Waals surface area contributed by atoms with Gasteiger partial charge in [0.2, 0.25) is 0 Å². The summed E-state index contributed by atoms with van der Waals surface area (Å²) < 4.78 is 25.2. The predicted molar refractivity (Wildman–Crippen MR) is 21.9 cm³/mol. The van der Waals surface area contributed by atoms with Crippen LogP contribution in [0.25, 0.3) is 5.41 Å². The molecule has 0 rings (SSSR count). The second-order valence-corrected chi connectivity index (χ2v) is 0.841. The standard InChI is InChI=1S/CNS.ClO3.H3N.Na/c2-1-3;2-1(3)4;;/h;;1H3;/q2*-1;;+1/p+1. The molecule has 0 radical (unpaired) electrons. The number of quaternary nitrogens is 1. The van der Waals surface area contributed by atoms with E-state index < -0.39 is 10.8 Å². The van der Waals surface area contributed by atoms with Gasteiger partial charge in [0.1, 0.15) is 0 Å². The maximum atomic E-state index is 8.41. The van der Waals surface area contributed by atoms with Crippen LogP contribution in [0.3, 0.4) is 0 Å². The summed E-state index contributed by atoms with van der Waals surface area (Å²) in [4.78, 5) is 0. The van der Waals surface area contributed by atoms with Crippen LogP contribution >= 0.6 is 12.2 Å². The molecule has 0 fully saturated rings. The summed E-state index contributed by atoms with van der Waals surface area (Å²) in [7, 11) is -2.85. The van der Waals surface area contributed by atoms with Crippen molar-refractivity contribution in [3.63, 3.8) is 0 Å². The van der Waals surface area contributed by atoms with Crippen molar-refractivity contribution in [1.29, 1.82) is 0 Å². The molecule has 5 nitrogen and oxygen atoms in total. The van der Waals surface area contributed by atoms with Crippen LogP contribution in [0, 0.1) is 10.8 Å².